The Hall–Kier alpha value is -5.81. The van der Waals surface area contributed by atoms with Gasteiger partial charge in [0, 0.05) is 25.7 Å². The lowest BCUT2D eigenvalue weighted by Gasteiger charge is -2.21. The number of carbonyl (C=O) groups is 1. The van der Waals surface area contributed by atoms with Gasteiger partial charge in [0.1, 0.15) is 29.6 Å². The summed E-state index contributed by atoms with van der Waals surface area (Å²) in [6.45, 7) is 3.13. The highest BCUT2D eigenvalue weighted by atomic mass is 16.5. The normalized spacial score (nSPS) is 12.2. The van der Waals surface area contributed by atoms with Crippen LogP contribution in [-0.2, 0) is 32.3 Å². The lowest BCUT2D eigenvalue weighted by molar-refractivity contribution is 0.0731. The molecule has 0 unspecified atom stereocenters. The number of phenols is 1. The van der Waals surface area contributed by atoms with Gasteiger partial charge in [-0.25, -0.2) is 4.79 Å². The summed E-state index contributed by atoms with van der Waals surface area (Å²) in [6, 6.07) is 43.7. The van der Waals surface area contributed by atoms with Gasteiger partial charge in [-0.15, -0.1) is 0 Å². The molecule has 0 saturated carbocycles. The zero-order valence-corrected chi connectivity index (χ0v) is 28.9. The summed E-state index contributed by atoms with van der Waals surface area (Å²) in [5.74, 6) is 2.01. The van der Waals surface area contributed by atoms with Crippen molar-refractivity contribution in [2.24, 2.45) is 0 Å². The Morgan fingerprint density at radius 3 is 1.47 bits per heavy atom. The molecule has 0 fully saturated rings. The quantitative estimate of drug-likeness (QED) is 0.0938. The maximum Gasteiger partial charge on any atom is 0.343 e. The number of phenolic OH excluding ortho intramolecular Hbond substituents is 1. The summed E-state index contributed by atoms with van der Waals surface area (Å²) in [6.07, 6.45) is 3.88. The Kier molecular flexibility index (Phi) is 10.4. The average molecular weight is 675 g/mol. The smallest absolute Gasteiger partial charge is 0.343 e. The van der Waals surface area contributed by atoms with Crippen LogP contribution in [0.15, 0.2) is 133 Å². The van der Waals surface area contributed by atoms with Gasteiger partial charge in [-0.05, 0) is 68.6 Å². The molecule has 1 aliphatic carbocycles. The molecule has 256 valence electrons. The molecule has 5 heteroatoms. The van der Waals surface area contributed by atoms with E-state index in [1.54, 1.807) is 12.1 Å². The van der Waals surface area contributed by atoms with Crippen LogP contribution in [0.4, 0.5) is 0 Å². The fourth-order valence-corrected chi connectivity index (χ4v) is 6.78. The molecule has 5 nitrogen and oxygen atoms in total. The lowest BCUT2D eigenvalue weighted by atomic mass is 9.91. The van der Waals surface area contributed by atoms with Crippen molar-refractivity contribution in [3.8, 4) is 23.0 Å². The van der Waals surface area contributed by atoms with E-state index >= 15 is 0 Å². The van der Waals surface area contributed by atoms with Crippen molar-refractivity contribution in [2.45, 2.75) is 52.1 Å². The number of hydrogen-bond donors (Lipinski definition) is 1. The first-order valence-electron chi connectivity index (χ1n) is 17.8. The maximum absolute atomic E-state index is 13.7. The number of rotatable bonds is 9. The van der Waals surface area contributed by atoms with Crippen LogP contribution < -0.4 is 14.2 Å². The molecular formula is C46H42O5. The first-order chi connectivity index (χ1) is 25.1. The third kappa shape index (κ3) is 7.84. The number of aromatic hydroxyl groups is 1. The monoisotopic (exact) mass is 674 g/mol. The van der Waals surface area contributed by atoms with Crippen LogP contribution in [0.1, 0.15) is 80.2 Å². The van der Waals surface area contributed by atoms with Gasteiger partial charge in [-0.1, -0.05) is 135 Å². The highest BCUT2D eigenvalue weighted by molar-refractivity contribution is 5.91. The van der Waals surface area contributed by atoms with Crippen molar-refractivity contribution < 1.29 is 24.1 Å². The van der Waals surface area contributed by atoms with Crippen molar-refractivity contribution in [1.82, 2.24) is 0 Å². The standard InChI is InChI=1S/C46H42O5/c1-2-3-26-49-43-36-20-11-22-38(43)29-40-24-13-25-41(45(40)51-46(48)33-16-8-5-9-17-33)30-39-23-12-21-37(28-35-19-10-18-34(27-36)42(35)47)44(39)50-31-32-14-6-4-7-15-32/h4-25,47H,2-3,26-31H2,1H3. The van der Waals surface area contributed by atoms with Gasteiger partial charge in [-0.2, -0.15) is 0 Å². The second-order valence-corrected chi connectivity index (χ2v) is 13.1. The maximum atomic E-state index is 13.7. The number of carbonyl (C=O) groups excluding carboxylic acids is 1. The van der Waals surface area contributed by atoms with Crippen molar-refractivity contribution in [1.29, 1.82) is 0 Å². The first-order valence-corrected chi connectivity index (χ1v) is 17.8. The van der Waals surface area contributed by atoms with Crippen LogP contribution in [0.25, 0.3) is 0 Å². The number of benzene rings is 6. The Balaban J connectivity index is 1.39. The number of hydrogen-bond acceptors (Lipinski definition) is 5. The van der Waals surface area contributed by atoms with Crippen LogP contribution in [0.3, 0.4) is 0 Å². The molecule has 51 heavy (non-hydrogen) atoms. The zero-order chi connectivity index (χ0) is 35.0. The Bertz CT molecular complexity index is 2120. The van der Waals surface area contributed by atoms with Crippen LogP contribution in [0.2, 0.25) is 0 Å². The average Bonchev–Trinajstić information content (AvgIpc) is 3.15. The molecule has 0 atom stereocenters. The van der Waals surface area contributed by atoms with Gasteiger partial charge < -0.3 is 19.3 Å². The van der Waals surface area contributed by atoms with Crippen LogP contribution in [0.5, 0.6) is 23.0 Å². The Labute approximate surface area is 300 Å². The van der Waals surface area contributed by atoms with Crippen molar-refractivity contribution in [2.75, 3.05) is 6.61 Å². The third-order valence-electron chi connectivity index (χ3n) is 9.44. The van der Waals surface area contributed by atoms with Crippen LogP contribution in [0, 0.1) is 0 Å². The van der Waals surface area contributed by atoms with E-state index in [1.807, 2.05) is 84.9 Å². The molecule has 0 aliphatic heterocycles. The van der Waals surface area contributed by atoms with E-state index in [0.717, 1.165) is 74.4 Å². The second kappa shape index (κ2) is 15.8. The minimum Gasteiger partial charge on any atom is -0.507 e. The number of esters is 1. The molecule has 8 bridgehead atoms. The minimum absolute atomic E-state index is 0.286. The van der Waals surface area contributed by atoms with E-state index < -0.39 is 5.97 Å². The molecule has 1 aliphatic rings. The van der Waals surface area contributed by atoms with Gasteiger partial charge in [0.2, 0.25) is 0 Å². The molecule has 1 N–H and O–H groups in total. The fraction of sp³-hybridized carbons (Fsp3) is 0.196. The molecule has 0 spiro atoms. The van der Waals surface area contributed by atoms with E-state index in [4.69, 9.17) is 14.2 Å². The lowest BCUT2D eigenvalue weighted by Crippen LogP contribution is -2.13. The summed E-state index contributed by atoms with van der Waals surface area (Å²) in [4.78, 5) is 13.7. The number of para-hydroxylation sites is 4. The van der Waals surface area contributed by atoms with E-state index in [0.29, 0.717) is 50.2 Å². The molecule has 0 heterocycles. The van der Waals surface area contributed by atoms with Gasteiger partial charge >= 0.3 is 5.97 Å². The van der Waals surface area contributed by atoms with E-state index in [9.17, 15) is 9.90 Å². The molecule has 6 aromatic carbocycles. The molecule has 0 aromatic heterocycles. The van der Waals surface area contributed by atoms with E-state index in [2.05, 4.69) is 43.3 Å². The van der Waals surface area contributed by atoms with Gasteiger partial charge in [0.15, 0.2) is 0 Å². The van der Waals surface area contributed by atoms with Crippen molar-refractivity contribution in [3.05, 3.63) is 189 Å². The molecular weight excluding hydrogens is 633 g/mol. The fourth-order valence-electron chi connectivity index (χ4n) is 6.78. The number of ether oxygens (including phenoxy) is 3. The third-order valence-corrected chi connectivity index (χ3v) is 9.44. The summed E-state index contributed by atoms with van der Waals surface area (Å²) in [5, 5.41) is 11.7. The first kappa shape index (κ1) is 33.7. The van der Waals surface area contributed by atoms with Gasteiger partial charge in [0.25, 0.3) is 0 Å². The summed E-state index contributed by atoms with van der Waals surface area (Å²) < 4.78 is 19.6. The molecule has 0 radical (unpaired) electrons. The van der Waals surface area contributed by atoms with Crippen LogP contribution in [-0.4, -0.2) is 17.7 Å². The summed E-state index contributed by atoms with van der Waals surface area (Å²) in [5.41, 5.74) is 8.88. The highest BCUT2D eigenvalue weighted by Gasteiger charge is 2.22. The highest BCUT2D eigenvalue weighted by Crippen LogP contribution is 2.39. The Morgan fingerprint density at radius 2 is 0.961 bits per heavy atom. The largest absolute Gasteiger partial charge is 0.507 e. The molecule has 0 amide bonds. The topological polar surface area (TPSA) is 65.0 Å². The molecule has 6 aromatic rings. The SMILES string of the molecule is CCCCOc1c2cccc1Cc1cccc(c1OC(=O)c1ccccc1)Cc1cccc(c1OCc1ccccc1)Cc1cccc(c1O)C2. The van der Waals surface area contributed by atoms with Gasteiger partial charge in [-0.3, -0.25) is 0 Å². The number of unbranched alkanes of at least 4 members (excludes halogenated alkanes) is 1. The van der Waals surface area contributed by atoms with Crippen molar-refractivity contribution in [3.63, 3.8) is 0 Å². The number of fused-ring (bicyclic) bond motifs is 8. The molecule has 0 saturated heterocycles. The van der Waals surface area contributed by atoms with Crippen LogP contribution >= 0.6 is 0 Å². The minimum atomic E-state index is -0.407. The molecule has 7 rings (SSSR count). The predicted octanol–water partition coefficient (Wildman–Crippen LogP) is 10.0. The Morgan fingerprint density at radius 1 is 0.529 bits per heavy atom. The van der Waals surface area contributed by atoms with E-state index in [1.165, 1.54) is 0 Å². The summed E-state index contributed by atoms with van der Waals surface area (Å²) in [7, 11) is 0. The van der Waals surface area contributed by atoms with Crippen molar-refractivity contribution >= 4 is 5.97 Å². The van der Waals surface area contributed by atoms with E-state index in [-0.39, 0.29) is 5.75 Å². The predicted molar refractivity (Wildman–Crippen MR) is 201 cm³/mol. The second-order valence-electron chi connectivity index (χ2n) is 13.1. The van der Waals surface area contributed by atoms with Gasteiger partial charge in [0.05, 0.1) is 12.2 Å². The zero-order valence-electron chi connectivity index (χ0n) is 28.9. The summed E-state index contributed by atoms with van der Waals surface area (Å²) >= 11 is 0.